The van der Waals surface area contributed by atoms with Crippen molar-refractivity contribution < 1.29 is 23.9 Å². The Morgan fingerprint density at radius 2 is 1.64 bits per heavy atom. The van der Waals surface area contributed by atoms with Gasteiger partial charge in [0.1, 0.15) is 0 Å². The van der Waals surface area contributed by atoms with E-state index in [9.17, 15) is 14.4 Å². The number of esters is 2. The molecule has 1 atom stereocenters. The minimum atomic E-state index is -0.616. The zero-order valence-corrected chi connectivity index (χ0v) is 13.0. The predicted molar refractivity (Wildman–Crippen MR) is 80.6 cm³/mol. The summed E-state index contributed by atoms with van der Waals surface area (Å²) in [4.78, 5) is 34.7. The molecule has 1 amide bonds. The number of carbonyl (C=O) groups is 3. The number of carbonyl (C=O) groups excluding carboxylic acids is 3. The van der Waals surface area contributed by atoms with E-state index < -0.39 is 11.9 Å². The van der Waals surface area contributed by atoms with Crippen molar-refractivity contribution >= 4 is 17.8 Å². The lowest BCUT2D eigenvalue weighted by Gasteiger charge is -2.12. The molecular weight excluding hydrogens is 286 g/mol. The molecule has 6 heteroatoms. The summed E-state index contributed by atoms with van der Waals surface area (Å²) >= 11 is 0. The van der Waals surface area contributed by atoms with Gasteiger partial charge in [-0.3, -0.25) is 4.79 Å². The van der Waals surface area contributed by atoms with Crippen molar-refractivity contribution in [1.29, 1.82) is 0 Å². The number of methoxy groups -OCH3 is 1. The molecule has 0 aliphatic rings. The summed E-state index contributed by atoms with van der Waals surface area (Å²) in [5, 5.41) is 2.74. The van der Waals surface area contributed by atoms with Gasteiger partial charge < -0.3 is 14.8 Å². The summed E-state index contributed by atoms with van der Waals surface area (Å²) in [6, 6.07) is 5.88. The molecular formula is C16H21NO5. The van der Waals surface area contributed by atoms with Crippen LogP contribution in [0.25, 0.3) is 0 Å². The minimum Gasteiger partial charge on any atom is -0.465 e. The van der Waals surface area contributed by atoms with Gasteiger partial charge in [-0.2, -0.15) is 0 Å². The van der Waals surface area contributed by atoms with Gasteiger partial charge in [0.15, 0.2) is 6.61 Å². The Labute approximate surface area is 129 Å². The van der Waals surface area contributed by atoms with Crippen molar-refractivity contribution in [3.8, 4) is 0 Å². The summed E-state index contributed by atoms with van der Waals surface area (Å²) in [7, 11) is 1.28. The Balaban J connectivity index is 2.48. The summed E-state index contributed by atoms with van der Waals surface area (Å²) in [6.45, 7) is 3.60. The average molecular weight is 307 g/mol. The lowest BCUT2D eigenvalue weighted by atomic mass is 10.1. The van der Waals surface area contributed by atoms with Gasteiger partial charge in [0.05, 0.1) is 18.2 Å². The van der Waals surface area contributed by atoms with Crippen LogP contribution in [0, 0.1) is 0 Å². The van der Waals surface area contributed by atoms with E-state index in [2.05, 4.69) is 10.1 Å². The highest BCUT2D eigenvalue weighted by molar-refractivity contribution is 5.94. The lowest BCUT2D eigenvalue weighted by molar-refractivity contribution is -0.124. The second-order valence-corrected chi connectivity index (χ2v) is 4.90. The highest BCUT2D eigenvalue weighted by Crippen LogP contribution is 2.07. The Kier molecular flexibility index (Phi) is 7.08. The molecule has 6 nitrogen and oxygen atoms in total. The smallest absolute Gasteiger partial charge is 0.338 e. The van der Waals surface area contributed by atoms with Gasteiger partial charge >= 0.3 is 11.9 Å². The largest absolute Gasteiger partial charge is 0.465 e. The van der Waals surface area contributed by atoms with E-state index in [0.717, 1.165) is 12.8 Å². The van der Waals surface area contributed by atoms with Gasteiger partial charge in [0, 0.05) is 6.04 Å². The van der Waals surface area contributed by atoms with Crippen molar-refractivity contribution in [2.45, 2.75) is 32.7 Å². The number of benzene rings is 1. The fourth-order valence-electron chi connectivity index (χ4n) is 1.90. The molecule has 0 bridgehead atoms. The van der Waals surface area contributed by atoms with Gasteiger partial charge in [0.2, 0.25) is 0 Å². The third kappa shape index (κ3) is 5.55. The average Bonchev–Trinajstić information content (AvgIpc) is 2.52. The summed E-state index contributed by atoms with van der Waals surface area (Å²) in [6.07, 6.45) is 1.84. The van der Waals surface area contributed by atoms with Gasteiger partial charge in [0.25, 0.3) is 5.91 Å². The van der Waals surface area contributed by atoms with E-state index in [1.807, 2.05) is 13.8 Å². The first kappa shape index (κ1) is 17.7. The molecule has 22 heavy (non-hydrogen) atoms. The number of hydrogen-bond acceptors (Lipinski definition) is 5. The van der Waals surface area contributed by atoms with Gasteiger partial charge in [-0.1, -0.05) is 13.3 Å². The molecule has 0 saturated heterocycles. The number of amides is 1. The van der Waals surface area contributed by atoms with Crippen molar-refractivity contribution in [2.24, 2.45) is 0 Å². The van der Waals surface area contributed by atoms with Gasteiger partial charge in [-0.15, -0.1) is 0 Å². The Morgan fingerprint density at radius 1 is 1.09 bits per heavy atom. The molecule has 0 spiro atoms. The maximum Gasteiger partial charge on any atom is 0.338 e. The second-order valence-electron chi connectivity index (χ2n) is 4.90. The Morgan fingerprint density at radius 3 is 2.14 bits per heavy atom. The number of rotatable bonds is 7. The standard InChI is InChI=1S/C16H21NO5/c1-4-5-11(2)17-14(18)10-22-16(20)13-8-6-12(7-9-13)15(19)21-3/h6-9,11H,4-5,10H2,1-3H3,(H,17,18)/t11-/m0/s1. The van der Waals surface area contributed by atoms with Crippen LogP contribution in [0.1, 0.15) is 47.4 Å². The fraction of sp³-hybridized carbons (Fsp3) is 0.438. The molecule has 0 aliphatic carbocycles. The van der Waals surface area contributed by atoms with E-state index >= 15 is 0 Å². The van der Waals surface area contributed by atoms with Crippen LogP contribution < -0.4 is 5.32 Å². The van der Waals surface area contributed by atoms with Crippen LogP contribution in [0.4, 0.5) is 0 Å². The van der Waals surface area contributed by atoms with Crippen LogP contribution in [0.2, 0.25) is 0 Å². The van der Waals surface area contributed by atoms with Crippen LogP contribution in [0.3, 0.4) is 0 Å². The molecule has 1 aromatic carbocycles. The fourth-order valence-corrected chi connectivity index (χ4v) is 1.90. The first-order valence-corrected chi connectivity index (χ1v) is 7.12. The molecule has 0 radical (unpaired) electrons. The first-order valence-electron chi connectivity index (χ1n) is 7.12. The molecule has 1 aromatic rings. The van der Waals surface area contributed by atoms with E-state index in [-0.39, 0.29) is 24.1 Å². The van der Waals surface area contributed by atoms with Crippen LogP contribution in [-0.4, -0.2) is 37.6 Å². The van der Waals surface area contributed by atoms with Crippen molar-refractivity contribution in [2.75, 3.05) is 13.7 Å². The van der Waals surface area contributed by atoms with Crippen LogP contribution in [-0.2, 0) is 14.3 Å². The van der Waals surface area contributed by atoms with Crippen LogP contribution in [0.15, 0.2) is 24.3 Å². The van der Waals surface area contributed by atoms with Crippen molar-refractivity contribution in [1.82, 2.24) is 5.32 Å². The molecule has 1 N–H and O–H groups in total. The molecule has 120 valence electrons. The molecule has 0 saturated carbocycles. The molecule has 0 aliphatic heterocycles. The first-order chi connectivity index (χ1) is 10.5. The Hall–Kier alpha value is -2.37. The van der Waals surface area contributed by atoms with Crippen LogP contribution in [0.5, 0.6) is 0 Å². The SMILES string of the molecule is CCC[C@H](C)NC(=O)COC(=O)c1ccc(C(=O)OC)cc1. The highest BCUT2D eigenvalue weighted by Gasteiger charge is 2.13. The third-order valence-electron chi connectivity index (χ3n) is 3.01. The molecule has 0 heterocycles. The van der Waals surface area contributed by atoms with Crippen LogP contribution >= 0.6 is 0 Å². The summed E-state index contributed by atoms with van der Waals surface area (Å²) in [5.74, 6) is -1.43. The number of ether oxygens (including phenoxy) is 2. The molecule has 0 aromatic heterocycles. The second kappa shape index (κ2) is 8.81. The third-order valence-corrected chi connectivity index (χ3v) is 3.01. The molecule has 0 fully saturated rings. The monoisotopic (exact) mass is 307 g/mol. The van der Waals surface area contributed by atoms with Gasteiger partial charge in [-0.05, 0) is 37.6 Å². The van der Waals surface area contributed by atoms with Gasteiger partial charge in [-0.25, -0.2) is 9.59 Å². The lowest BCUT2D eigenvalue weighted by Crippen LogP contribution is -2.35. The topological polar surface area (TPSA) is 81.7 Å². The zero-order valence-electron chi connectivity index (χ0n) is 13.0. The summed E-state index contributed by atoms with van der Waals surface area (Å²) in [5.41, 5.74) is 0.604. The maximum atomic E-state index is 11.8. The molecule has 1 rings (SSSR count). The number of nitrogens with one attached hydrogen (secondary N) is 1. The highest BCUT2D eigenvalue weighted by atomic mass is 16.5. The summed E-state index contributed by atoms with van der Waals surface area (Å²) < 4.78 is 9.49. The van der Waals surface area contributed by atoms with Crippen molar-refractivity contribution in [3.63, 3.8) is 0 Å². The maximum absolute atomic E-state index is 11.8. The normalized spacial score (nSPS) is 11.4. The van der Waals surface area contributed by atoms with E-state index in [1.165, 1.54) is 31.4 Å². The molecule has 0 unspecified atom stereocenters. The van der Waals surface area contributed by atoms with E-state index in [4.69, 9.17) is 4.74 Å². The van der Waals surface area contributed by atoms with Crippen molar-refractivity contribution in [3.05, 3.63) is 35.4 Å². The Bertz CT molecular complexity index is 524. The van der Waals surface area contributed by atoms with E-state index in [1.54, 1.807) is 0 Å². The minimum absolute atomic E-state index is 0.0514. The van der Waals surface area contributed by atoms with E-state index in [0.29, 0.717) is 5.56 Å². The zero-order chi connectivity index (χ0) is 16.5. The number of hydrogen-bond donors (Lipinski definition) is 1. The predicted octanol–water partition coefficient (Wildman–Crippen LogP) is 1.93. The quantitative estimate of drug-likeness (QED) is 0.778.